The lowest BCUT2D eigenvalue weighted by Crippen LogP contribution is -2.37. The highest BCUT2D eigenvalue weighted by molar-refractivity contribution is 7.59. The molecule has 0 amide bonds. The first-order valence-electron chi connectivity index (χ1n) is 13.0. The van der Waals surface area contributed by atoms with Crippen molar-refractivity contribution in [2.45, 2.75) is 32.2 Å². The molecule has 4 aromatic rings. The van der Waals surface area contributed by atoms with Crippen molar-refractivity contribution < 1.29 is 27.4 Å². The molecule has 1 saturated heterocycles. The zero-order valence-corrected chi connectivity index (χ0v) is 23.8. The Morgan fingerprint density at radius 1 is 1.14 bits per heavy atom. The van der Waals surface area contributed by atoms with Crippen molar-refractivity contribution in [2.75, 3.05) is 42.3 Å². The molecule has 0 saturated carbocycles. The molecule has 0 spiro atoms. The molecule has 3 heterocycles. The SMILES string of the molecule is Cc1c(Nc2c(COC(=O)C(N)Cc3ccccc3)nc3c(N)cc(N4CCOCC4)nn23)cccc1C(F)(F)F.S. The fourth-order valence-electron chi connectivity index (χ4n) is 4.65. The van der Waals surface area contributed by atoms with Crippen molar-refractivity contribution in [2.24, 2.45) is 5.73 Å². The Hall–Kier alpha value is -4.01. The number of benzene rings is 2. The van der Waals surface area contributed by atoms with Gasteiger partial charge in [0.05, 0.1) is 24.5 Å². The van der Waals surface area contributed by atoms with Crippen molar-refractivity contribution in [3.63, 3.8) is 0 Å². The van der Waals surface area contributed by atoms with Gasteiger partial charge in [-0.3, -0.25) is 4.79 Å². The van der Waals surface area contributed by atoms with Gasteiger partial charge in [-0.1, -0.05) is 36.4 Å². The molecule has 224 valence electrons. The number of esters is 1. The summed E-state index contributed by atoms with van der Waals surface area (Å²) in [6.07, 6.45) is -4.27. The lowest BCUT2D eigenvalue weighted by Gasteiger charge is -2.27. The number of carbonyl (C=O) groups excluding carboxylic acids is 1. The van der Waals surface area contributed by atoms with E-state index in [0.29, 0.717) is 37.8 Å². The van der Waals surface area contributed by atoms with Crippen molar-refractivity contribution in [3.05, 3.63) is 77.0 Å². The number of nitrogen functional groups attached to an aromatic ring is 1. The van der Waals surface area contributed by atoms with Crippen LogP contribution in [0.1, 0.15) is 22.4 Å². The predicted octanol–water partition coefficient (Wildman–Crippen LogP) is 3.94. The highest BCUT2D eigenvalue weighted by Crippen LogP contribution is 2.36. The Labute approximate surface area is 247 Å². The van der Waals surface area contributed by atoms with Gasteiger partial charge in [0.25, 0.3) is 0 Å². The van der Waals surface area contributed by atoms with Crippen LogP contribution in [-0.4, -0.2) is 52.9 Å². The zero-order valence-electron chi connectivity index (χ0n) is 22.8. The summed E-state index contributed by atoms with van der Waals surface area (Å²) >= 11 is 0. The molecule has 2 aromatic carbocycles. The van der Waals surface area contributed by atoms with E-state index in [1.807, 2.05) is 35.2 Å². The normalized spacial score (nSPS) is 14.4. The Bertz CT molecular complexity index is 1540. The molecule has 1 atom stereocenters. The molecule has 0 radical (unpaired) electrons. The average molecular weight is 604 g/mol. The summed E-state index contributed by atoms with van der Waals surface area (Å²) in [5.41, 5.74) is 13.5. The van der Waals surface area contributed by atoms with Crippen LogP contribution in [0.2, 0.25) is 0 Å². The molecule has 5 rings (SSSR count). The molecule has 10 nitrogen and oxygen atoms in total. The standard InChI is InChI=1S/C28H30F3N7O3.H2S/c1-17-19(28(29,30)31)8-5-9-22(17)34-26-23(16-41-27(39)21(33)14-18-6-3-2-4-7-18)35-25-20(32)15-24(36-38(25)26)37-10-12-40-13-11-37;/h2-9,15,21,34H,10-14,16,32-33H2,1H3;1H2. The summed E-state index contributed by atoms with van der Waals surface area (Å²) in [4.78, 5) is 19.3. The number of rotatable bonds is 8. The first-order chi connectivity index (χ1) is 19.6. The van der Waals surface area contributed by atoms with Crippen LogP contribution in [0, 0.1) is 6.92 Å². The van der Waals surface area contributed by atoms with Gasteiger partial charge in [0.2, 0.25) is 0 Å². The highest BCUT2D eigenvalue weighted by atomic mass is 32.1. The number of morpholine rings is 1. The van der Waals surface area contributed by atoms with Crippen LogP contribution in [-0.2, 0) is 33.5 Å². The number of nitrogens with zero attached hydrogens (tertiary/aromatic N) is 4. The molecule has 5 N–H and O–H groups in total. The second-order valence-electron chi connectivity index (χ2n) is 9.70. The van der Waals surface area contributed by atoms with E-state index in [1.165, 1.54) is 23.6 Å². The molecule has 1 aliphatic rings. The maximum Gasteiger partial charge on any atom is 0.416 e. The van der Waals surface area contributed by atoms with Crippen molar-refractivity contribution >= 4 is 48.1 Å². The summed E-state index contributed by atoms with van der Waals surface area (Å²) in [6, 6.07) is 13.9. The number of imidazole rings is 1. The van der Waals surface area contributed by atoms with Crippen LogP contribution in [0.4, 0.5) is 36.2 Å². The van der Waals surface area contributed by atoms with E-state index in [-0.39, 0.29) is 54.9 Å². The van der Waals surface area contributed by atoms with Gasteiger partial charge in [0.15, 0.2) is 17.3 Å². The largest absolute Gasteiger partial charge is 0.458 e. The van der Waals surface area contributed by atoms with E-state index in [1.54, 1.807) is 6.07 Å². The van der Waals surface area contributed by atoms with E-state index in [0.717, 1.165) is 11.6 Å². The fraction of sp³-hybridized carbons (Fsp3) is 0.321. The number of aromatic nitrogens is 3. The van der Waals surface area contributed by atoms with E-state index < -0.39 is 23.8 Å². The van der Waals surface area contributed by atoms with Crippen LogP contribution in [0.3, 0.4) is 0 Å². The topological polar surface area (TPSA) is 133 Å². The highest BCUT2D eigenvalue weighted by Gasteiger charge is 2.33. The van der Waals surface area contributed by atoms with Crippen LogP contribution >= 0.6 is 13.5 Å². The van der Waals surface area contributed by atoms with Gasteiger partial charge in [-0.15, -0.1) is 5.10 Å². The minimum absolute atomic E-state index is 0. The maximum atomic E-state index is 13.6. The Morgan fingerprint density at radius 3 is 2.55 bits per heavy atom. The Morgan fingerprint density at radius 2 is 1.86 bits per heavy atom. The van der Waals surface area contributed by atoms with Gasteiger partial charge in [-0.25, -0.2) is 4.98 Å². The number of ether oxygens (including phenoxy) is 2. The molecule has 14 heteroatoms. The molecule has 0 bridgehead atoms. The van der Waals surface area contributed by atoms with Gasteiger partial charge in [0, 0.05) is 24.8 Å². The monoisotopic (exact) mass is 603 g/mol. The number of anilines is 4. The smallest absolute Gasteiger partial charge is 0.416 e. The molecule has 1 fully saturated rings. The number of carbonyl (C=O) groups is 1. The number of nitrogens with two attached hydrogens (primary N) is 2. The maximum absolute atomic E-state index is 13.6. The number of fused-ring (bicyclic) bond motifs is 1. The van der Waals surface area contributed by atoms with Gasteiger partial charge >= 0.3 is 12.1 Å². The first-order valence-corrected chi connectivity index (χ1v) is 13.0. The predicted molar refractivity (Wildman–Crippen MR) is 158 cm³/mol. The van der Waals surface area contributed by atoms with Crippen molar-refractivity contribution in [3.8, 4) is 0 Å². The van der Waals surface area contributed by atoms with E-state index >= 15 is 0 Å². The first kappa shape index (κ1) is 30.9. The third kappa shape index (κ3) is 6.72. The quantitative estimate of drug-likeness (QED) is 0.256. The summed E-state index contributed by atoms with van der Waals surface area (Å²) in [6.45, 7) is 3.28. The number of hydrogen-bond donors (Lipinski definition) is 3. The van der Waals surface area contributed by atoms with Crippen LogP contribution in [0.15, 0.2) is 54.6 Å². The molecule has 0 aliphatic carbocycles. The summed E-state index contributed by atoms with van der Waals surface area (Å²) < 4.78 is 53.3. The van der Waals surface area contributed by atoms with Crippen LogP contribution in [0.5, 0.6) is 0 Å². The van der Waals surface area contributed by atoms with Crippen molar-refractivity contribution in [1.82, 2.24) is 14.6 Å². The second-order valence-corrected chi connectivity index (χ2v) is 9.70. The van der Waals surface area contributed by atoms with Crippen LogP contribution in [0.25, 0.3) is 5.65 Å². The van der Waals surface area contributed by atoms with Gasteiger partial charge in [-0.05, 0) is 36.6 Å². The van der Waals surface area contributed by atoms with E-state index in [9.17, 15) is 18.0 Å². The third-order valence-corrected chi connectivity index (χ3v) is 6.85. The molecular formula is C28H32F3N7O3S. The average Bonchev–Trinajstić information content (AvgIpc) is 3.30. The number of hydrogen-bond acceptors (Lipinski definition) is 9. The molecular weight excluding hydrogens is 571 g/mol. The summed E-state index contributed by atoms with van der Waals surface area (Å²) in [7, 11) is 0. The summed E-state index contributed by atoms with van der Waals surface area (Å²) in [5.74, 6) is 0.114. The lowest BCUT2D eigenvalue weighted by molar-refractivity contribution is -0.146. The Kier molecular flexibility index (Phi) is 9.49. The van der Waals surface area contributed by atoms with E-state index in [4.69, 9.17) is 26.0 Å². The second kappa shape index (κ2) is 12.9. The zero-order chi connectivity index (χ0) is 29.1. The number of nitrogens with one attached hydrogen (secondary N) is 1. The number of halogens is 3. The summed E-state index contributed by atoms with van der Waals surface area (Å²) in [5, 5.41) is 7.73. The fourth-order valence-corrected chi connectivity index (χ4v) is 4.65. The molecule has 2 aromatic heterocycles. The lowest BCUT2D eigenvalue weighted by atomic mass is 10.1. The van der Waals surface area contributed by atoms with Gasteiger partial charge in [-0.2, -0.15) is 31.2 Å². The third-order valence-electron chi connectivity index (χ3n) is 6.85. The number of alkyl halides is 3. The molecule has 1 aliphatic heterocycles. The van der Waals surface area contributed by atoms with Crippen molar-refractivity contribution in [1.29, 1.82) is 0 Å². The molecule has 1 unspecified atom stereocenters. The van der Waals surface area contributed by atoms with Crippen LogP contribution < -0.4 is 21.7 Å². The minimum atomic E-state index is -4.54. The Balaban J connectivity index is 0.00000405. The van der Waals surface area contributed by atoms with E-state index in [2.05, 4.69) is 10.3 Å². The molecule has 42 heavy (non-hydrogen) atoms. The van der Waals surface area contributed by atoms with Gasteiger partial charge in [0.1, 0.15) is 18.3 Å². The minimum Gasteiger partial charge on any atom is -0.458 e. The van der Waals surface area contributed by atoms with Gasteiger partial charge < -0.3 is 31.2 Å².